The lowest BCUT2D eigenvalue weighted by Crippen LogP contribution is -2.34. The summed E-state index contributed by atoms with van der Waals surface area (Å²) in [7, 11) is 0. The van der Waals surface area contributed by atoms with Crippen molar-refractivity contribution in [3.8, 4) is 0 Å². The molecule has 0 fully saturated rings. The summed E-state index contributed by atoms with van der Waals surface area (Å²) >= 11 is 0. The van der Waals surface area contributed by atoms with Crippen molar-refractivity contribution in [2.75, 3.05) is 5.32 Å². The lowest BCUT2D eigenvalue weighted by atomic mass is 10.1. The van der Waals surface area contributed by atoms with E-state index >= 15 is 0 Å². The van der Waals surface area contributed by atoms with Gasteiger partial charge in [0.1, 0.15) is 5.69 Å². The number of aromatic amines is 2. The zero-order chi connectivity index (χ0) is 17.4. The molecule has 1 aromatic carbocycles. The van der Waals surface area contributed by atoms with Crippen molar-refractivity contribution < 1.29 is 14.8 Å². The summed E-state index contributed by atoms with van der Waals surface area (Å²) in [5.41, 5.74) is 4.63. The van der Waals surface area contributed by atoms with Gasteiger partial charge in [0.25, 0.3) is 5.91 Å². The summed E-state index contributed by atoms with van der Waals surface area (Å²) in [6.07, 6.45) is 5.21. The number of carbonyl (C=O) groups is 2. The molecule has 7 heteroatoms. The first-order valence-corrected chi connectivity index (χ1v) is 7.86. The molecule has 0 radical (unpaired) electrons. The molecule has 0 aliphatic heterocycles. The van der Waals surface area contributed by atoms with Gasteiger partial charge in [-0.05, 0) is 42.0 Å². The molecule has 1 unspecified atom stereocenters. The maximum atomic E-state index is 12.5. The van der Waals surface area contributed by atoms with Crippen LogP contribution in [0.1, 0.15) is 27.4 Å². The number of rotatable bonds is 4. The Balaban J connectivity index is 1.60. The summed E-state index contributed by atoms with van der Waals surface area (Å²) < 4.78 is 0. The number of benzene rings is 1. The molecule has 0 spiro atoms. The van der Waals surface area contributed by atoms with Crippen LogP contribution in [0.2, 0.25) is 0 Å². The van der Waals surface area contributed by atoms with Gasteiger partial charge < -0.3 is 20.5 Å². The first-order chi connectivity index (χ1) is 12.2. The summed E-state index contributed by atoms with van der Waals surface area (Å²) in [4.78, 5) is 29.4. The largest absolute Gasteiger partial charge is 0.352 e. The van der Waals surface area contributed by atoms with Gasteiger partial charge in [0, 0.05) is 21.9 Å². The number of fused-ring (bicyclic) bond motifs is 2. The lowest BCUT2D eigenvalue weighted by Gasteiger charge is -2.08. The van der Waals surface area contributed by atoms with E-state index in [1.165, 1.54) is 0 Å². The fourth-order valence-electron chi connectivity index (χ4n) is 3.03. The third kappa shape index (κ3) is 2.86. The van der Waals surface area contributed by atoms with Crippen molar-refractivity contribution in [1.82, 2.24) is 15.4 Å². The second-order valence-electron chi connectivity index (χ2n) is 5.99. The molecule has 126 valence electrons. The molecule has 0 bridgehead atoms. The number of H-pyrrole nitrogens is 2. The van der Waals surface area contributed by atoms with Gasteiger partial charge in [0.2, 0.25) is 0 Å². The van der Waals surface area contributed by atoms with Gasteiger partial charge in [-0.2, -0.15) is 5.48 Å². The number of amides is 1. The van der Waals surface area contributed by atoms with Crippen LogP contribution in [0, 0.1) is 0 Å². The van der Waals surface area contributed by atoms with Gasteiger partial charge in [0.15, 0.2) is 6.29 Å². The molecule has 1 aliphatic carbocycles. The fraction of sp³-hybridized carbons (Fsp3) is 0.111. The van der Waals surface area contributed by atoms with Crippen molar-refractivity contribution in [1.29, 1.82) is 0 Å². The zero-order valence-corrected chi connectivity index (χ0v) is 13.2. The molecule has 2 heterocycles. The van der Waals surface area contributed by atoms with E-state index in [0.29, 0.717) is 23.5 Å². The average Bonchev–Trinajstić information content (AvgIpc) is 3.24. The molecule has 2 aromatic heterocycles. The van der Waals surface area contributed by atoms with Crippen LogP contribution >= 0.6 is 0 Å². The molecule has 1 amide bonds. The summed E-state index contributed by atoms with van der Waals surface area (Å²) in [6.45, 7) is 0. The highest BCUT2D eigenvalue weighted by Crippen LogP contribution is 2.20. The topological polar surface area (TPSA) is 110 Å². The average molecular weight is 336 g/mol. The van der Waals surface area contributed by atoms with E-state index in [1.54, 1.807) is 18.2 Å². The van der Waals surface area contributed by atoms with E-state index in [0.717, 1.165) is 27.8 Å². The molecule has 3 aromatic rings. The van der Waals surface area contributed by atoms with Crippen molar-refractivity contribution >= 4 is 40.9 Å². The van der Waals surface area contributed by atoms with Crippen LogP contribution in [-0.2, 0) is 0 Å². The van der Waals surface area contributed by atoms with Crippen LogP contribution in [0.4, 0.5) is 5.69 Å². The summed E-state index contributed by atoms with van der Waals surface area (Å²) in [6, 6.07) is 8.74. The Morgan fingerprint density at radius 1 is 1.24 bits per heavy atom. The highest BCUT2D eigenvalue weighted by molar-refractivity contribution is 6.04. The van der Waals surface area contributed by atoms with E-state index in [-0.39, 0.29) is 11.9 Å². The first kappa shape index (κ1) is 15.4. The van der Waals surface area contributed by atoms with Crippen LogP contribution < -0.4 is 21.4 Å². The number of aromatic nitrogens is 2. The SMILES string of the molecule is O=Cc1cc2cc(NC(=O)c3cc4c([nH]3)=CCC(NO)C=4)ccc2[nH]1. The van der Waals surface area contributed by atoms with E-state index in [4.69, 9.17) is 5.21 Å². The van der Waals surface area contributed by atoms with Crippen molar-refractivity contribution in [3.05, 3.63) is 52.3 Å². The minimum atomic E-state index is -0.254. The number of hydrogen-bond acceptors (Lipinski definition) is 4. The molecule has 4 rings (SSSR count). The molecular weight excluding hydrogens is 320 g/mol. The van der Waals surface area contributed by atoms with Crippen LogP contribution in [0.25, 0.3) is 23.1 Å². The predicted molar refractivity (Wildman–Crippen MR) is 93.9 cm³/mol. The van der Waals surface area contributed by atoms with Gasteiger partial charge in [0.05, 0.1) is 11.7 Å². The minimum Gasteiger partial charge on any atom is -0.352 e. The maximum absolute atomic E-state index is 12.5. The third-order valence-corrected chi connectivity index (χ3v) is 4.27. The van der Waals surface area contributed by atoms with Crippen LogP contribution in [0.15, 0.2) is 30.3 Å². The fourth-order valence-corrected chi connectivity index (χ4v) is 3.03. The van der Waals surface area contributed by atoms with Crippen molar-refractivity contribution in [2.45, 2.75) is 12.5 Å². The van der Waals surface area contributed by atoms with Crippen molar-refractivity contribution in [2.24, 2.45) is 0 Å². The van der Waals surface area contributed by atoms with E-state index in [1.807, 2.05) is 24.3 Å². The van der Waals surface area contributed by atoms with Gasteiger partial charge >= 0.3 is 0 Å². The Morgan fingerprint density at radius 3 is 2.92 bits per heavy atom. The number of anilines is 1. The number of carbonyl (C=O) groups excluding carboxylic acids is 2. The second-order valence-corrected chi connectivity index (χ2v) is 5.99. The number of nitrogens with one attached hydrogen (secondary N) is 4. The number of hydroxylamine groups is 1. The van der Waals surface area contributed by atoms with Crippen LogP contribution in [-0.4, -0.2) is 33.4 Å². The molecule has 1 atom stereocenters. The molecule has 0 saturated heterocycles. The standard InChI is InChI=1S/C18H16N4O3/c23-9-14-7-10-5-12(1-3-15(10)19-14)20-18(24)17-8-11-6-13(22-25)2-4-16(11)21-17/h1,3-9,13,19,21-22,25H,2H2,(H,20,24). The summed E-state index contributed by atoms with van der Waals surface area (Å²) in [5.74, 6) is -0.254. The normalized spacial score (nSPS) is 16.0. The van der Waals surface area contributed by atoms with Gasteiger partial charge in [-0.15, -0.1) is 0 Å². The quantitative estimate of drug-likeness (QED) is 0.360. The molecule has 1 aliphatic rings. The molecular formula is C18H16N4O3. The molecule has 0 saturated carbocycles. The maximum Gasteiger partial charge on any atom is 0.272 e. The molecule has 5 N–H and O–H groups in total. The highest BCUT2D eigenvalue weighted by atomic mass is 16.5. The van der Waals surface area contributed by atoms with Crippen LogP contribution in [0.3, 0.4) is 0 Å². The highest BCUT2D eigenvalue weighted by Gasteiger charge is 2.12. The Morgan fingerprint density at radius 2 is 2.12 bits per heavy atom. The molecule has 25 heavy (non-hydrogen) atoms. The second kappa shape index (κ2) is 6.04. The number of hydrogen-bond donors (Lipinski definition) is 5. The first-order valence-electron chi connectivity index (χ1n) is 7.86. The van der Waals surface area contributed by atoms with E-state index in [9.17, 15) is 9.59 Å². The van der Waals surface area contributed by atoms with Crippen molar-refractivity contribution in [3.63, 3.8) is 0 Å². The Bertz CT molecular complexity index is 1090. The Hall–Kier alpha value is -3.16. The third-order valence-electron chi connectivity index (χ3n) is 4.27. The lowest BCUT2D eigenvalue weighted by molar-refractivity contribution is 0.102. The van der Waals surface area contributed by atoms with Gasteiger partial charge in [-0.25, -0.2) is 0 Å². The monoisotopic (exact) mass is 336 g/mol. The molecule has 7 nitrogen and oxygen atoms in total. The zero-order valence-electron chi connectivity index (χ0n) is 13.2. The van der Waals surface area contributed by atoms with Gasteiger partial charge in [-0.1, -0.05) is 12.2 Å². The smallest absolute Gasteiger partial charge is 0.272 e. The van der Waals surface area contributed by atoms with E-state index in [2.05, 4.69) is 20.8 Å². The number of aldehydes is 1. The van der Waals surface area contributed by atoms with E-state index < -0.39 is 0 Å². The van der Waals surface area contributed by atoms with Gasteiger partial charge in [-0.3, -0.25) is 9.59 Å². The van der Waals surface area contributed by atoms with Crippen LogP contribution in [0.5, 0.6) is 0 Å². The minimum absolute atomic E-state index is 0.151. The Kier molecular flexibility index (Phi) is 3.72. The Labute approximate surface area is 142 Å². The predicted octanol–water partition coefficient (Wildman–Crippen LogP) is 0.873. The summed E-state index contributed by atoms with van der Waals surface area (Å²) in [5, 5.41) is 14.5.